The Bertz CT molecular complexity index is 366. The van der Waals surface area contributed by atoms with E-state index in [4.69, 9.17) is 9.63 Å². The topological polar surface area (TPSA) is 75.4 Å². The lowest BCUT2D eigenvalue weighted by Crippen LogP contribution is -2.37. The number of nitrogens with zero attached hydrogens (tertiary/aromatic N) is 1. The first-order valence-corrected chi connectivity index (χ1v) is 5.03. The van der Waals surface area contributed by atoms with Crippen LogP contribution in [0.25, 0.3) is 0 Å². The number of aromatic nitrogens is 1. The number of aromatic carboxylic acids is 1. The van der Waals surface area contributed by atoms with Crippen molar-refractivity contribution < 1.29 is 14.4 Å². The molecular formula is C10H14N2O3. The fraction of sp³-hybridized carbons (Fsp3) is 0.600. The van der Waals surface area contributed by atoms with Gasteiger partial charge < -0.3 is 14.9 Å². The molecular weight excluding hydrogens is 196 g/mol. The van der Waals surface area contributed by atoms with Gasteiger partial charge in [0.15, 0.2) is 5.69 Å². The molecule has 2 N–H and O–H groups in total. The minimum absolute atomic E-state index is 0.00948. The number of hydrogen-bond acceptors (Lipinski definition) is 4. The number of carboxylic acids is 1. The summed E-state index contributed by atoms with van der Waals surface area (Å²) in [6.07, 6.45) is 1.89. The van der Waals surface area contributed by atoms with Crippen molar-refractivity contribution in [2.45, 2.75) is 25.2 Å². The van der Waals surface area contributed by atoms with E-state index in [-0.39, 0.29) is 11.1 Å². The molecule has 82 valence electrons. The monoisotopic (exact) mass is 210 g/mol. The highest BCUT2D eigenvalue weighted by Crippen LogP contribution is 2.33. The Morgan fingerprint density at radius 1 is 1.60 bits per heavy atom. The Morgan fingerprint density at radius 3 is 2.80 bits per heavy atom. The molecule has 0 radical (unpaired) electrons. The van der Waals surface area contributed by atoms with Crippen LogP contribution < -0.4 is 5.32 Å². The van der Waals surface area contributed by atoms with Crippen molar-refractivity contribution in [3.05, 3.63) is 17.5 Å². The molecule has 0 atom stereocenters. The number of hydrogen-bond donors (Lipinski definition) is 2. The SMILES string of the molecule is CC1(c2cc(C(=O)O)no2)CCNCC1. The lowest BCUT2D eigenvalue weighted by Gasteiger charge is -2.31. The van der Waals surface area contributed by atoms with Crippen molar-refractivity contribution >= 4 is 5.97 Å². The second-order valence-electron chi connectivity index (χ2n) is 4.19. The zero-order chi connectivity index (χ0) is 10.9. The maximum absolute atomic E-state index is 10.7. The Balaban J connectivity index is 2.23. The first-order valence-electron chi connectivity index (χ1n) is 5.03. The smallest absolute Gasteiger partial charge is 0.358 e. The van der Waals surface area contributed by atoms with E-state index in [0.717, 1.165) is 25.9 Å². The molecule has 1 saturated heterocycles. The molecule has 0 bridgehead atoms. The molecule has 0 unspecified atom stereocenters. The third-order valence-electron chi connectivity index (χ3n) is 3.03. The van der Waals surface area contributed by atoms with Crippen LogP contribution in [0.5, 0.6) is 0 Å². The highest BCUT2D eigenvalue weighted by molar-refractivity contribution is 5.85. The van der Waals surface area contributed by atoms with Gasteiger partial charge in [0.05, 0.1) is 0 Å². The van der Waals surface area contributed by atoms with Gasteiger partial charge in [0.1, 0.15) is 5.76 Å². The summed E-state index contributed by atoms with van der Waals surface area (Å²) in [6, 6.07) is 1.54. The lowest BCUT2D eigenvalue weighted by molar-refractivity contribution is 0.0685. The number of carboxylic acid groups (broad SMARTS) is 1. The number of rotatable bonds is 2. The van der Waals surface area contributed by atoms with Gasteiger partial charge in [-0.05, 0) is 25.9 Å². The van der Waals surface area contributed by atoms with E-state index in [1.54, 1.807) is 0 Å². The van der Waals surface area contributed by atoms with E-state index in [9.17, 15) is 4.79 Å². The first-order chi connectivity index (χ1) is 7.12. The molecule has 1 aliphatic heterocycles. The summed E-state index contributed by atoms with van der Waals surface area (Å²) in [5.41, 5.74) is -0.0869. The molecule has 0 aromatic carbocycles. The summed E-state index contributed by atoms with van der Waals surface area (Å²) in [4.78, 5) is 10.7. The normalized spacial score (nSPS) is 20.1. The Morgan fingerprint density at radius 2 is 2.27 bits per heavy atom. The molecule has 0 saturated carbocycles. The maximum atomic E-state index is 10.7. The first kappa shape index (κ1) is 10.2. The number of nitrogens with one attached hydrogen (secondary N) is 1. The molecule has 0 aliphatic carbocycles. The van der Waals surface area contributed by atoms with Gasteiger partial charge in [-0.2, -0.15) is 0 Å². The summed E-state index contributed by atoms with van der Waals surface area (Å²) in [6.45, 7) is 3.94. The van der Waals surface area contributed by atoms with Crippen molar-refractivity contribution in [3.63, 3.8) is 0 Å². The largest absolute Gasteiger partial charge is 0.476 e. The van der Waals surface area contributed by atoms with Gasteiger partial charge in [0, 0.05) is 11.5 Å². The highest BCUT2D eigenvalue weighted by atomic mass is 16.5. The highest BCUT2D eigenvalue weighted by Gasteiger charge is 2.33. The van der Waals surface area contributed by atoms with Crippen molar-refractivity contribution in [2.75, 3.05) is 13.1 Å². The summed E-state index contributed by atoms with van der Waals surface area (Å²) < 4.78 is 5.11. The van der Waals surface area contributed by atoms with Gasteiger partial charge in [0.25, 0.3) is 0 Å². The van der Waals surface area contributed by atoms with E-state index in [1.165, 1.54) is 6.07 Å². The van der Waals surface area contributed by atoms with Gasteiger partial charge >= 0.3 is 5.97 Å². The number of piperidine rings is 1. The quantitative estimate of drug-likeness (QED) is 0.762. The molecule has 2 heterocycles. The van der Waals surface area contributed by atoms with E-state index < -0.39 is 5.97 Å². The van der Waals surface area contributed by atoms with Crippen molar-refractivity contribution in [3.8, 4) is 0 Å². The third-order valence-corrected chi connectivity index (χ3v) is 3.03. The van der Waals surface area contributed by atoms with Crippen LogP contribution in [0.1, 0.15) is 36.0 Å². The van der Waals surface area contributed by atoms with E-state index in [1.807, 2.05) is 0 Å². The summed E-state index contributed by atoms with van der Waals surface area (Å²) in [5, 5.41) is 15.5. The fourth-order valence-electron chi connectivity index (χ4n) is 1.89. The van der Waals surface area contributed by atoms with Gasteiger partial charge in [-0.1, -0.05) is 12.1 Å². The second-order valence-corrected chi connectivity index (χ2v) is 4.19. The summed E-state index contributed by atoms with van der Waals surface area (Å²) in [7, 11) is 0. The van der Waals surface area contributed by atoms with E-state index in [2.05, 4.69) is 17.4 Å². The summed E-state index contributed by atoms with van der Waals surface area (Å²) in [5.74, 6) is -0.357. The van der Waals surface area contributed by atoms with Crippen LogP contribution in [0.15, 0.2) is 10.6 Å². The zero-order valence-electron chi connectivity index (χ0n) is 8.62. The lowest BCUT2D eigenvalue weighted by atomic mass is 9.79. The molecule has 15 heavy (non-hydrogen) atoms. The van der Waals surface area contributed by atoms with Gasteiger partial charge in [-0.25, -0.2) is 4.79 Å². The molecule has 0 spiro atoms. The maximum Gasteiger partial charge on any atom is 0.358 e. The Labute approximate surface area is 87.5 Å². The van der Waals surface area contributed by atoms with Crippen LogP contribution in [0, 0.1) is 0 Å². The molecule has 0 amide bonds. The van der Waals surface area contributed by atoms with Crippen LogP contribution in [0.3, 0.4) is 0 Å². The zero-order valence-corrected chi connectivity index (χ0v) is 8.62. The van der Waals surface area contributed by atoms with Crippen LogP contribution in [0.4, 0.5) is 0 Å². The van der Waals surface area contributed by atoms with Crippen LogP contribution >= 0.6 is 0 Å². The average Bonchev–Trinajstić information content (AvgIpc) is 2.68. The van der Waals surface area contributed by atoms with Crippen LogP contribution in [-0.2, 0) is 5.41 Å². The average molecular weight is 210 g/mol. The third kappa shape index (κ3) is 1.87. The number of carbonyl (C=O) groups is 1. The molecule has 5 heteroatoms. The Kier molecular flexibility index (Phi) is 2.48. The van der Waals surface area contributed by atoms with E-state index in [0.29, 0.717) is 5.76 Å². The van der Waals surface area contributed by atoms with E-state index >= 15 is 0 Å². The van der Waals surface area contributed by atoms with Gasteiger partial charge in [-0.3, -0.25) is 0 Å². The van der Waals surface area contributed by atoms with Crippen LogP contribution in [-0.4, -0.2) is 29.3 Å². The van der Waals surface area contributed by atoms with Crippen molar-refractivity contribution in [1.82, 2.24) is 10.5 Å². The van der Waals surface area contributed by atoms with Crippen molar-refractivity contribution in [2.24, 2.45) is 0 Å². The second kappa shape index (κ2) is 3.66. The molecule has 2 rings (SSSR count). The molecule has 5 nitrogen and oxygen atoms in total. The standard InChI is InChI=1S/C10H14N2O3/c1-10(2-4-11-5-3-10)8-6-7(9(13)14)12-15-8/h6,11H,2-5H2,1H3,(H,13,14). The predicted octanol–water partition coefficient (Wildman–Crippen LogP) is 1.01. The molecule has 1 fully saturated rings. The minimum Gasteiger partial charge on any atom is -0.476 e. The fourth-order valence-corrected chi connectivity index (χ4v) is 1.89. The van der Waals surface area contributed by atoms with Crippen molar-refractivity contribution in [1.29, 1.82) is 0 Å². The van der Waals surface area contributed by atoms with Crippen LogP contribution in [0.2, 0.25) is 0 Å². The summed E-state index contributed by atoms with van der Waals surface area (Å²) >= 11 is 0. The molecule has 1 aliphatic rings. The molecule has 1 aromatic rings. The predicted molar refractivity (Wildman–Crippen MR) is 52.9 cm³/mol. The Hall–Kier alpha value is -1.36. The molecule has 1 aromatic heterocycles. The van der Waals surface area contributed by atoms with Gasteiger partial charge in [0.2, 0.25) is 0 Å². The van der Waals surface area contributed by atoms with Gasteiger partial charge in [-0.15, -0.1) is 0 Å². The minimum atomic E-state index is -1.04.